The lowest BCUT2D eigenvalue weighted by Crippen LogP contribution is -2.40. The van der Waals surface area contributed by atoms with Crippen LogP contribution in [-0.4, -0.2) is 44.5 Å². The summed E-state index contributed by atoms with van der Waals surface area (Å²) >= 11 is 0. The van der Waals surface area contributed by atoms with Crippen molar-refractivity contribution in [3.63, 3.8) is 0 Å². The van der Waals surface area contributed by atoms with Crippen molar-refractivity contribution in [2.75, 3.05) is 18.4 Å². The molecule has 1 aromatic heterocycles. The zero-order valence-corrected chi connectivity index (χ0v) is 17.9. The standard InChI is InChI=1S/C23H24N6O4/c24-22(30)17-2-1-12-27(15-17)14-16-3-5-18(6-4-16)25-23(31)21-11-13-28(26-21)19-7-9-20(10-8-19)29(32)33/h3-11,13,17H,1-2,12,14-15H2,(H2,24,30)(H,25,31). The fourth-order valence-electron chi connectivity index (χ4n) is 3.89. The Morgan fingerprint density at radius 2 is 1.85 bits per heavy atom. The van der Waals surface area contributed by atoms with Crippen molar-refractivity contribution in [3.05, 3.63) is 82.2 Å². The second kappa shape index (κ2) is 9.61. The maximum Gasteiger partial charge on any atom is 0.276 e. The molecule has 1 aliphatic heterocycles. The lowest BCUT2D eigenvalue weighted by atomic mass is 9.97. The third-order valence-electron chi connectivity index (χ3n) is 5.67. The Hall–Kier alpha value is -4.05. The number of hydrogen-bond donors (Lipinski definition) is 2. The van der Waals surface area contributed by atoms with Gasteiger partial charge in [-0.05, 0) is 55.3 Å². The monoisotopic (exact) mass is 448 g/mol. The number of benzene rings is 2. The van der Waals surface area contributed by atoms with Crippen LogP contribution in [0.4, 0.5) is 11.4 Å². The molecule has 0 saturated carbocycles. The fourth-order valence-corrected chi connectivity index (χ4v) is 3.89. The van der Waals surface area contributed by atoms with Crippen LogP contribution in [0.25, 0.3) is 5.69 Å². The van der Waals surface area contributed by atoms with Crippen LogP contribution in [0.15, 0.2) is 60.8 Å². The molecule has 1 unspecified atom stereocenters. The molecule has 3 N–H and O–H groups in total. The van der Waals surface area contributed by atoms with Crippen LogP contribution in [0.3, 0.4) is 0 Å². The molecule has 33 heavy (non-hydrogen) atoms. The summed E-state index contributed by atoms with van der Waals surface area (Å²) in [7, 11) is 0. The third-order valence-corrected chi connectivity index (χ3v) is 5.67. The number of non-ortho nitro benzene ring substituents is 1. The highest BCUT2D eigenvalue weighted by molar-refractivity contribution is 6.02. The lowest BCUT2D eigenvalue weighted by molar-refractivity contribution is -0.384. The number of nitro benzene ring substituents is 1. The Labute approximate surface area is 190 Å². The number of aromatic nitrogens is 2. The minimum atomic E-state index is -0.471. The number of nitro groups is 1. The number of hydrogen-bond acceptors (Lipinski definition) is 6. The van der Waals surface area contributed by atoms with Crippen molar-refractivity contribution in [3.8, 4) is 5.69 Å². The first kappa shape index (κ1) is 22.2. The largest absolute Gasteiger partial charge is 0.369 e. The molecule has 2 aromatic carbocycles. The van der Waals surface area contributed by atoms with Gasteiger partial charge in [0.15, 0.2) is 5.69 Å². The molecule has 2 amide bonds. The van der Waals surface area contributed by atoms with Crippen molar-refractivity contribution in [1.82, 2.24) is 14.7 Å². The molecule has 1 fully saturated rings. The highest BCUT2D eigenvalue weighted by atomic mass is 16.6. The smallest absolute Gasteiger partial charge is 0.276 e. The van der Waals surface area contributed by atoms with Gasteiger partial charge in [-0.15, -0.1) is 0 Å². The van der Waals surface area contributed by atoms with E-state index in [1.54, 1.807) is 24.4 Å². The molecular weight excluding hydrogens is 424 g/mol. The maximum absolute atomic E-state index is 12.6. The fraction of sp³-hybridized carbons (Fsp3) is 0.261. The minimum Gasteiger partial charge on any atom is -0.369 e. The van der Waals surface area contributed by atoms with Crippen LogP contribution in [-0.2, 0) is 11.3 Å². The number of piperidine rings is 1. The molecule has 0 spiro atoms. The van der Waals surface area contributed by atoms with Crippen LogP contribution in [0.5, 0.6) is 0 Å². The maximum atomic E-state index is 12.6. The van der Waals surface area contributed by atoms with Gasteiger partial charge in [0.1, 0.15) is 0 Å². The first-order valence-electron chi connectivity index (χ1n) is 10.6. The molecule has 1 atom stereocenters. The minimum absolute atomic E-state index is 0.0136. The average molecular weight is 448 g/mol. The van der Waals surface area contributed by atoms with Crippen molar-refractivity contribution >= 4 is 23.2 Å². The van der Waals surface area contributed by atoms with Gasteiger partial charge in [0.25, 0.3) is 11.6 Å². The number of nitrogens with one attached hydrogen (secondary N) is 1. The SMILES string of the molecule is NC(=O)C1CCCN(Cc2ccc(NC(=O)c3ccn(-c4ccc([N+](=O)[O-])cc4)n3)cc2)C1. The Kier molecular flexibility index (Phi) is 6.45. The first-order chi connectivity index (χ1) is 15.9. The van der Waals surface area contributed by atoms with E-state index in [0.29, 0.717) is 17.9 Å². The molecule has 0 bridgehead atoms. The molecule has 1 aliphatic rings. The van der Waals surface area contributed by atoms with Gasteiger partial charge in [0, 0.05) is 37.1 Å². The number of primary amides is 1. The summed E-state index contributed by atoms with van der Waals surface area (Å²) in [6, 6.07) is 15.0. The summed E-state index contributed by atoms with van der Waals surface area (Å²) in [6.45, 7) is 2.32. The molecule has 2 heterocycles. The summed E-state index contributed by atoms with van der Waals surface area (Å²) in [5.41, 5.74) is 8.00. The van der Waals surface area contributed by atoms with E-state index in [2.05, 4.69) is 15.3 Å². The first-order valence-corrected chi connectivity index (χ1v) is 10.6. The zero-order chi connectivity index (χ0) is 23.4. The van der Waals surface area contributed by atoms with E-state index in [-0.39, 0.29) is 29.1 Å². The Morgan fingerprint density at radius 3 is 2.52 bits per heavy atom. The van der Waals surface area contributed by atoms with Crippen LogP contribution >= 0.6 is 0 Å². The van der Waals surface area contributed by atoms with E-state index in [1.807, 2.05) is 24.3 Å². The highest BCUT2D eigenvalue weighted by Gasteiger charge is 2.23. The van der Waals surface area contributed by atoms with E-state index >= 15 is 0 Å². The predicted octanol–water partition coefficient (Wildman–Crippen LogP) is 2.73. The van der Waals surface area contributed by atoms with Crippen molar-refractivity contribution < 1.29 is 14.5 Å². The van der Waals surface area contributed by atoms with E-state index < -0.39 is 4.92 Å². The van der Waals surface area contributed by atoms with Gasteiger partial charge in [-0.2, -0.15) is 5.10 Å². The number of rotatable bonds is 7. The molecule has 10 heteroatoms. The van der Waals surface area contributed by atoms with E-state index in [1.165, 1.54) is 16.8 Å². The van der Waals surface area contributed by atoms with E-state index in [4.69, 9.17) is 5.73 Å². The zero-order valence-electron chi connectivity index (χ0n) is 17.9. The summed E-state index contributed by atoms with van der Waals surface area (Å²) in [6.07, 6.45) is 3.42. The summed E-state index contributed by atoms with van der Waals surface area (Å²) in [5.74, 6) is -0.694. The molecule has 1 saturated heterocycles. The quantitative estimate of drug-likeness (QED) is 0.421. The number of nitrogens with two attached hydrogens (primary N) is 1. The molecule has 0 aliphatic carbocycles. The van der Waals surface area contributed by atoms with Crippen molar-refractivity contribution in [2.45, 2.75) is 19.4 Å². The summed E-state index contributed by atoms with van der Waals surface area (Å²) in [4.78, 5) is 36.6. The van der Waals surface area contributed by atoms with Crippen LogP contribution < -0.4 is 11.1 Å². The molecule has 4 rings (SSSR count). The van der Waals surface area contributed by atoms with Crippen molar-refractivity contribution in [1.29, 1.82) is 0 Å². The topological polar surface area (TPSA) is 136 Å². The number of carbonyl (C=O) groups excluding carboxylic acids is 2. The number of nitrogens with zero attached hydrogens (tertiary/aromatic N) is 4. The number of carbonyl (C=O) groups is 2. The lowest BCUT2D eigenvalue weighted by Gasteiger charge is -2.31. The van der Waals surface area contributed by atoms with Gasteiger partial charge in [0.05, 0.1) is 16.5 Å². The second-order valence-corrected chi connectivity index (χ2v) is 8.05. The van der Waals surface area contributed by atoms with E-state index in [9.17, 15) is 19.7 Å². The van der Waals surface area contributed by atoms with Gasteiger partial charge in [-0.25, -0.2) is 4.68 Å². The Balaban J connectivity index is 1.35. The number of anilines is 1. The van der Waals surface area contributed by atoms with Crippen LogP contribution in [0, 0.1) is 16.0 Å². The highest BCUT2D eigenvalue weighted by Crippen LogP contribution is 2.20. The van der Waals surface area contributed by atoms with Gasteiger partial charge < -0.3 is 11.1 Å². The Bertz CT molecular complexity index is 1160. The molecular formula is C23H24N6O4. The van der Waals surface area contributed by atoms with Crippen molar-refractivity contribution in [2.24, 2.45) is 11.7 Å². The summed E-state index contributed by atoms with van der Waals surface area (Å²) in [5, 5.41) is 17.9. The second-order valence-electron chi connectivity index (χ2n) is 8.05. The van der Waals surface area contributed by atoms with Gasteiger partial charge in [-0.1, -0.05) is 12.1 Å². The Morgan fingerprint density at radius 1 is 1.12 bits per heavy atom. The number of amides is 2. The predicted molar refractivity (Wildman–Crippen MR) is 122 cm³/mol. The molecule has 170 valence electrons. The average Bonchev–Trinajstić information content (AvgIpc) is 3.31. The molecule has 0 radical (unpaired) electrons. The number of likely N-dealkylation sites (tertiary alicyclic amines) is 1. The molecule has 3 aromatic rings. The van der Waals surface area contributed by atoms with Gasteiger partial charge in [-0.3, -0.25) is 24.6 Å². The van der Waals surface area contributed by atoms with Gasteiger partial charge in [0.2, 0.25) is 5.91 Å². The van der Waals surface area contributed by atoms with E-state index in [0.717, 1.165) is 31.5 Å². The molecule has 10 nitrogen and oxygen atoms in total. The third kappa shape index (κ3) is 5.42. The normalized spacial score (nSPS) is 16.3. The van der Waals surface area contributed by atoms with Crippen LogP contribution in [0.2, 0.25) is 0 Å². The summed E-state index contributed by atoms with van der Waals surface area (Å²) < 4.78 is 1.49. The van der Waals surface area contributed by atoms with Gasteiger partial charge >= 0.3 is 0 Å². The van der Waals surface area contributed by atoms with Crippen LogP contribution in [0.1, 0.15) is 28.9 Å².